The number of nitrogens with two attached hydrogens (primary N) is 1. The van der Waals surface area contributed by atoms with Crippen LogP contribution >= 0.6 is 0 Å². The van der Waals surface area contributed by atoms with Crippen molar-refractivity contribution in [1.82, 2.24) is 19.3 Å². The summed E-state index contributed by atoms with van der Waals surface area (Å²) in [5.74, 6) is -1.99. The Hall–Kier alpha value is -4.14. The van der Waals surface area contributed by atoms with Crippen LogP contribution in [0.25, 0.3) is 17.0 Å². The van der Waals surface area contributed by atoms with Crippen LogP contribution in [0.4, 0.5) is 14.7 Å². The van der Waals surface area contributed by atoms with Gasteiger partial charge in [0.05, 0.1) is 12.1 Å². The molecule has 2 heterocycles. The molecular formula is C25H23F2N5O2. The van der Waals surface area contributed by atoms with E-state index in [9.17, 15) is 18.4 Å². The Kier molecular flexibility index (Phi) is 6.36. The summed E-state index contributed by atoms with van der Waals surface area (Å²) < 4.78 is 29.7. The highest BCUT2D eigenvalue weighted by Gasteiger charge is 2.21. The molecule has 0 unspecified atom stereocenters. The molecule has 0 saturated carbocycles. The lowest BCUT2D eigenvalue weighted by Gasteiger charge is -2.08. The van der Waals surface area contributed by atoms with E-state index in [2.05, 4.69) is 9.97 Å². The number of Topliss-reactive ketones (excluding diaryl/α,β-unsaturated/α-hetero) is 1. The summed E-state index contributed by atoms with van der Waals surface area (Å²) in [5.41, 5.74) is 7.88. The molecule has 0 bridgehead atoms. The number of fused-ring (bicyclic) bond motifs is 1. The molecule has 9 heteroatoms. The first-order valence-electron chi connectivity index (χ1n) is 10.7. The molecular weight excluding hydrogens is 440 g/mol. The van der Waals surface area contributed by atoms with Crippen molar-refractivity contribution in [1.29, 1.82) is 0 Å². The number of ketones is 1. The molecule has 0 radical (unpaired) electrons. The van der Waals surface area contributed by atoms with Crippen LogP contribution < -0.4 is 11.3 Å². The number of nitrogens with zero attached hydrogens (tertiary/aromatic N) is 4. The van der Waals surface area contributed by atoms with Crippen LogP contribution in [-0.2, 0) is 13.6 Å². The van der Waals surface area contributed by atoms with Crippen LogP contribution in [-0.4, -0.2) is 25.1 Å². The summed E-state index contributed by atoms with van der Waals surface area (Å²) in [6, 6.07) is 9.14. The van der Waals surface area contributed by atoms with E-state index in [1.54, 1.807) is 24.9 Å². The van der Waals surface area contributed by atoms with Crippen LogP contribution in [0.5, 0.6) is 0 Å². The number of carbonyl (C=O) groups excluding carboxylic acids is 1. The molecule has 4 rings (SSSR count). The van der Waals surface area contributed by atoms with Crippen LogP contribution in [0.3, 0.4) is 0 Å². The number of benzene rings is 2. The van der Waals surface area contributed by atoms with Crippen molar-refractivity contribution in [2.24, 2.45) is 7.05 Å². The van der Waals surface area contributed by atoms with E-state index in [4.69, 9.17) is 5.73 Å². The van der Waals surface area contributed by atoms with Gasteiger partial charge in [-0.3, -0.25) is 14.3 Å². The van der Waals surface area contributed by atoms with Crippen molar-refractivity contribution >= 4 is 28.7 Å². The number of allylic oxidation sites excluding steroid dienone is 1. The van der Waals surface area contributed by atoms with Gasteiger partial charge in [0.25, 0.3) is 5.56 Å². The minimum Gasteiger partial charge on any atom is -0.368 e. The molecule has 0 amide bonds. The van der Waals surface area contributed by atoms with Gasteiger partial charge in [-0.15, -0.1) is 0 Å². The molecule has 174 valence electrons. The Morgan fingerprint density at radius 3 is 2.71 bits per heavy atom. The van der Waals surface area contributed by atoms with E-state index >= 15 is 0 Å². The fourth-order valence-corrected chi connectivity index (χ4v) is 3.80. The van der Waals surface area contributed by atoms with Crippen LogP contribution in [0, 0.1) is 18.6 Å². The van der Waals surface area contributed by atoms with Crippen LogP contribution in [0.1, 0.15) is 40.0 Å². The second kappa shape index (κ2) is 9.38. The zero-order valence-electron chi connectivity index (χ0n) is 18.8. The van der Waals surface area contributed by atoms with Gasteiger partial charge in [-0.25, -0.2) is 23.4 Å². The van der Waals surface area contributed by atoms with E-state index in [0.29, 0.717) is 17.7 Å². The second-order valence-corrected chi connectivity index (χ2v) is 8.01. The normalized spacial score (nSPS) is 11.5. The number of aromatic nitrogens is 4. The third-order valence-corrected chi connectivity index (χ3v) is 5.72. The summed E-state index contributed by atoms with van der Waals surface area (Å²) in [6.45, 7) is 1.72. The number of halogens is 2. The second-order valence-electron chi connectivity index (χ2n) is 8.01. The lowest BCUT2D eigenvalue weighted by atomic mass is 10.1. The minimum absolute atomic E-state index is 0.0257. The highest BCUT2D eigenvalue weighted by atomic mass is 19.2. The predicted molar refractivity (Wildman–Crippen MR) is 126 cm³/mol. The first kappa shape index (κ1) is 23.0. The molecule has 2 aromatic carbocycles. The molecule has 4 aromatic rings. The van der Waals surface area contributed by atoms with Gasteiger partial charge in [-0.1, -0.05) is 24.3 Å². The van der Waals surface area contributed by atoms with Crippen molar-refractivity contribution in [2.75, 3.05) is 5.73 Å². The molecule has 0 saturated heterocycles. The number of nitrogen functional groups attached to an aromatic ring is 1. The lowest BCUT2D eigenvalue weighted by molar-refractivity contribution is 0.0982. The lowest BCUT2D eigenvalue weighted by Crippen LogP contribution is -2.25. The number of rotatable bonds is 7. The largest absolute Gasteiger partial charge is 0.368 e. The van der Waals surface area contributed by atoms with Crippen molar-refractivity contribution < 1.29 is 13.6 Å². The molecule has 0 atom stereocenters. The first-order chi connectivity index (χ1) is 16.2. The number of carbonyl (C=O) groups is 1. The molecule has 2 aromatic heterocycles. The molecule has 34 heavy (non-hydrogen) atoms. The molecule has 0 fully saturated rings. The number of hydrogen-bond acceptors (Lipinski definition) is 5. The summed E-state index contributed by atoms with van der Waals surface area (Å²) >= 11 is 0. The maximum atomic E-state index is 13.5. The minimum atomic E-state index is -0.984. The van der Waals surface area contributed by atoms with Gasteiger partial charge >= 0.3 is 0 Å². The van der Waals surface area contributed by atoms with Crippen LogP contribution in [0.15, 0.2) is 53.5 Å². The first-order valence-corrected chi connectivity index (χ1v) is 10.7. The van der Waals surface area contributed by atoms with E-state index < -0.39 is 17.2 Å². The van der Waals surface area contributed by atoms with E-state index in [0.717, 1.165) is 28.6 Å². The van der Waals surface area contributed by atoms with Gasteiger partial charge in [0, 0.05) is 30.7 Å². The third-order valence-electron chi connectivity index (χ3n) is 5.72. The molecule has 0 spiro atoms. The standard InChI is InChI=1S/C25H23F2N5O2/c1-15-23(24(34)32(31(15)2)14-17-7-9-19(26)20(27)12-17)22(33)6-4-3-5-16-8-10-21-18(11-16)13-29-25(28)30-21/h3,5,7-13H,4,6,14H2,1-2H3,(H2,28,29,30)/b5-3+. The summed E-state index contributed by atoms with van der Waals surface area (Å²) in [7, 11) is 1.66. The Labute approximate surface area is 194 Å². The number of hydrogen-bond donors (Lipinski definition) is 1. The van der Waals surface area contributed by atoms with Crippen molar-refractivity contribution in [2.45, 2.75) is 26.3 Å². The van der Waals surface area contributed by atoms with Gasteiger partial charge in [0.2, 0.25) is 5.95 Å². The van der Waals surface area contributed by atoms with Gasteiger partial charge in [-0.2, -0.15) is 0 Å². The Morgan fingerprint density at radius 1 is 1.15 bits per heavy atom. The topological polar surface area (TPSA) is 95.8 Å². The van der Waals surface area contributed by atoms with Crippen molar-refractivity contribution in [3.8, 4) is 0 Å². The summed E-state index contributed by atoms with van der Waals surface area (Å²) in [4.78, 5) is 33.9. The average Bonchev–Trinajstić information content (AvgIpc) is 3.02. The highest BCUT2D eigenvalue weighted by Crippen LogP contribution is 2.16. The zero-order valence-corrected chi connectivity index (χ0v) is 18.8. The van der Waals surface area contributed by atoms with E-state index in [1.807, 2.05) is 30.4 Å². The molecule has 2 N–H and O–H groups in total. The Bertz CT molecular complexity index is 1490. The zero-order chi connectivity index (χ0) is 24.4. The van der Waals surface area contributed by atoms with E-state index in [-0.39, 0.29) is 30.3 Å². The van der Waals surface area contributed by atoms with Gasteiger partial charge in [-0.05, 0) is 48.7 Å². The van der Waals surface area contributed by atoms with Crippen molar-refractivity contribution in [3.05, 3.63) is 93.0 Å². The average molecular weight is 463 g/mol. The fraction of sp³-hybridized carbons (Fsp3) is 0.200. The molecule has 0 aliphatic rings. The Balaban J connectivity index is 1.46. The smallest absolute Gasteiger partial charge is 0.278 e. The van der Waals surface area contributed by atoms with E-state index in [1.165, 1.54) is 10.7 Å². The predicted octanol–water partition coefficient (Wildman–Crippen LogP) is 4.02. The monoisotopic (exact) mass is 463 g/mol. The van der Waals surface area contributed by atoms with Crippen LogP contribution in [0.2, 0.25) is 0 Å². The molecule has 0 aliphatic carbocycles. The molecule has 7 nitrogen and oxygen atoms in total. The number of anilines is 1. The summed E-state index contributed by atoms with van der Waals surface area (Å²) in [5, 5.41) is 0.855. The summed E-state index contributed by atoms with van der Waals surface area (Å²) in [6.07, 6.45) is 6.03. The molecule has 0 aliphatic heterocycles. The maximum Gasteiger partial charge on any atom is 0.278 e. The fourth-order valence-electron chi connectivity index (χ4n) is 3.80. The van der Waals surface area contributed by atoms with Gasteiger partial charge in [0.1, 0.15) is 5.56 Å². The highest BCUT2D eigenvalue weighted by molar-refractivity contribution is 5.97. The Morgan fingerprint density at radius 2 is 1.94 bits per heavy atom. The SMILES string of the molecule is Cc1c(C(=O)CC/C=C/c2ccc3nc(N)ncc3c2)c(=O)n(Cc2ccc(F)c(F)c2)n1C. The van der Waals surface area contributed by atoms with Gasteiger partial charge < -0.3 is 5.73 Å². The maximum absolute atomic E-state index is 13.5. The van der Waals surface area contributed by atoms with Crippen molar-refractivity contribution in [3.63, 3.8) is 0 Å². The van der Waals surface area contributed by atoms with Gasteiger partial charge in [0.15, 0.2) is 17.4 Å². The third kappa shape index (κ3) is 4.63. The quantitative estimate of drug-likeness (QED) is 0.418.